The summed E-state index contributed by atoms with van der Waals surface area (Å²) in [6.07, 6.45) is 9.51. The van der Waals surface area contributed by atoms with E-state index in [-0.39, 0.29) is 29.0 Å². The topological polar surface area (TPSA) is 64.0 Å². The monoisotopic (exact) mass is 463 g/mol. The minimum atomic E-state index is -0.0385. The number of nitrogens with one attached hydrogen (secondary N) is 1. The van der Waals surface area contributed by atoms with Gasteiger partial charge in [0.2, 0.25) is 0 Å². The van der Waals surface area contributed by atoms with Gasteiger partial charge in [-0.1, -0.05) is 37.3 Å². The van der Waals surface area contributed by atoms with E-state index in [2.05, 4.69) is 48.6 Å². The summed E-state index contributed by atoms with van der Waals surface area (Å²) in [5.41, 5.74) is 1.68. The molecule has 1 spiro atoms. The predicted octanol–water partition coefficient (Wildman–Crippen LogP) is 5.11. The molecule has 3 heterocycles. The highest BCUT2D eigenvalue weighted by atomic mass is 16.6. The average molecular weight is 464 g/mol. The number of furan rings is 1. The molecule has 182 valence electrons. The second-order valence-electron chi connectivity index (χ2n) is 11.5. The fraction of sp³-hybridized carbons (Fsp3) is 0.621. The molecule has 0 amide bonds. The SMILES string of the molecule is C[C@]12CCC[C@]3(CO3)[C@@H]1C[C@H]1[C@@H](C2)OC(=O)[C@@H]1CNCC[C@@H](Cc1ccccc1)c1ccco1. The number of ether oxygens (including phenoxy) is 2. The van der Waals surface area contributed by atoms with Crippen LogP contribution in [0, 0.1) is 23.2 Å². The number of hydrogen-bond donors (Lipinski definition) is 1. The van der Waals surface area contributed by atoms with Gasteiger partial charge in [0.05, 0.1) is 24.4 Å². The van der Waals surface area contributed by atoms with Crippen molar-refractivity contribution in [3.8, 4) is 0 Å². The summed E-state index contributed by atoms with van der Waals surface area (Å²) in [4.78, 5) is 12.9. The maximum Gasteiger partial charge on any atom is 0.310 e. The van der Waals surface area contributed by atoms with Gasteiger partial charge in [-0.25, -0.2) is 0 Å². The minimum absolute atomic E-state index is 0.00221. The number of epoxide rings is 1. The molecule has 7 atom stereocenters. The lowest BCUT2D eigenvalue weighted by Crippen LogP contribution is -2.51. The molecule has 6 rings (SSSR count). The molecule has 1 aromatic heterocycles. The van der Waals surface area contributed by atoms with Gasteiger partial charge in [0.15, 0.2) is 0 Å². The first-order valence-corrected chi connectivity index (χ1v) is 13.2. The molecule has 2 aliphatic carbocycles. The van der Waals surface area contributed by atoms with Crippen LogP contribution in [0.25, 0.3) is 0 Å². The number of rotatable bonds is 8. The van der Waals surface area contributed by atoms with Crippen LogP contribution < -0.4 is 5.32 Å². The summed E-state index contributed by atoms with van der Waals surface area (Å²) in [6.45, 7) is 4.89. The van der Waals surface area contributed by atoms with Gasteiger partial charge in [-0.3, -0.25) is 4.79 Å². The Bertz CT molecular complexity index is 985. The maximum absolute atomic E-state index is 12.9. The van der Waals surface area contributed by atoms with Gasteiger partial charge in [0.1, 0.15) is 11.9 Å². The van der Waals surface area contributed by atoms with E-state index < -0.39 is 0 Å². The van der Waals surface area contributed by atoms with E-state index in [4.69, 9.17) is 13.9 Å². The first kappa shape index (κ1) is 22.4. The van der Waals surface area contributed by atoms with Crippen molar-refractivity contribution < 1.29 is 18.7 Å². The van der Waals surface area contributed by atoms with Crippen molar-refractivity contribution >= 4 is 5.97 Å². The van der Waals surface area contributed by atoms with Crippen molar-refractivity contribution in [1.82, 2.24) is 5.32 Å². The largest absolute Gasteiger partial charge is 0.469 e. The van der Waals surface area contributed by atoms with Gasteiger partial charge in [0, 0.05) is 18.4 Å². The summed E-state index contributed by atoms with van der Waals surface area (Å²) < 4.78 is 17.8. The molecule has 2 saturated carbocycles. The number of hydrogen-bond acceptors (Lipinski definition) is 5. The second-order valence-corrected chi connectivity index (χ2v) is 11.5. The first-order valence-electron chi connectivity index (χ1n) is 13.2. The molecule has 0 unspecified atom stereocenters. The molecule has 1 N–H and O–H groups in total. The smallest absolute Gasteiger partial charge is 0.310 e. The number of carbonyl (C=O) groups excluding carboxylic acids is 1. The Morgan fingerprint density at radius 2 is 2.00 bits per heavy atom. The highest BCUT2D eigenvalue weighted by Crippen LogP contribution is 2.62. The van der Waals surface area contributed by atoms with Crippen LogP contribution in [0.5, 0.6) is 0 Å². The van der Waals surface area contributed by atoms with Gasteiger partial charge in [-0.15, -0.1) is 0 Å². The fourth-order valence-corrected chi connectivity index (χ4v) is 7.49. The van der Waals surface area contributed by atoms with Crippen molar-refractivity contribution in [2.24, 2.45) is 23.2 Å². The normalized spacial score (nSPS) is 37.1. The van der Waals surface area contributed by atoms with Crippen LogP contribution in [0.1, 0.15) is 62.7 Å². The molecule has 5 nitrogen and oxygen atoms in total. The Morgan fingerprint density at radius 3 is 2.76 bits per heavy atom. The lowest BCUT2D eigenvalue weighted by molar-refractivity contribution is -0.147. The van der Waals surface area contributed by atoms with E-state index in [9.17, 15) is 4.79 Å². The lowest BCUT2D eigenvalue weighted by Gasteiger charge is -2.51. The van der Waals surface area contributed by atoms with E-state index in [1.54, 1.807) is 6.26 Å². The van der Waals surface area contributed by atoms with Gasteiger partial charge in [-0.05, 0) is 80.5 Å². The Hall–Kier alpha value is -2.11. The van der Waals surface area contributed by atoms with E-state index in [1.807, 2.05) is 6.07 Å². The van der Waals surface area contributed by atoms with Crippen molar-refractivity contribution in [1.29, 1.82) is 0 Å². The first-order chi connectivity index (χ1) is 16.6. The zero-order chi connectivity index (χ0) is 23.2. The molecule has 4 aliphatic rings. The van der Waals surface area contributed by atoms with Crippen LogP contribution in [0.2, 0.25) is 0 Å². The van der Waals surface area contributed by atoms with Crippen LogP contribution in [0.3, 0.4) is 0 Å². The summed E-state index contributed by atoms with van der Waals surface area (Å²) in [5, 5.41) is 3.61. The van der Waals surface area contributed by atoms with Gasteiger partial charge < -0.3 is 19.2 Å². The summed E-state index contributed by atoms with van der Waals surface area (Å²) in [7, 11) is 0. The fourth-order valence-electron chi connectivity index (χ4n) is 7.49. The molecule has 1 aromatic carbocycles. The molecule has 0 radical (unpaired) electrons. The third-order valence-corrected chi connectivity index (χ3v) is 9.38. The van der Waals surface area contributed by atoms with Gasteiger partial charge >= 0.3 is 5.97 Å². The third kappa shape index (κ3) is 4.11. The number of benzene rings is 1. The Balaban J connectivity index is 1.07. The van der Waals surface area contributed by atoms with E-state index in [0.29, 0.717) is 24.3 Å². The Labute approximate surface area is 202 Å². The Kier molecular flexibility index (Phi) is 5.81. The van der Waals surface area contributed by atoms with Crippen LogP contribution in [-0.4, -0.2) is 37.4 Å². The van der Waals surface area contributed by atoms with E-state index in [1.165, 1.54) is 24.8 Å². The van der Waals surface area contributed by atoms with Crippen LogP contribution in [0.15, 0.2) is 53.1 Å². The van der Waals surface area contributed by atoms with Crippen molar-refractivity contribution in [3.05, 3.63) is 60.1 Å². The quantitative estimate of drug-likeness (QED) is 0.335. The van der Waals surface area contributed by atoms with Crippen molar-refractivity contribution in [2.45, 2.75) is 69.5 Å². The number of fused-ring (bicyclic) bond motifs is 3. The standard InChI is InChI=1S/C29H37NO4/c1-28-11-6-12-29(19-33-29)26(28)16-22-23(27(31)34-25(22)17-28)18-30-13-10-21(24-9-5-14-32-24)15-20-7-3-2-4-8-20/h2-5,7-9,14,21-23,25-26,30H,6,10-13,15-19H2,1H3/t21-,22+,23+,25+,26+,28+,29-/m0/s1. The van der Waals surface area contributed by atoms with Crippen molar-refractivity contribution in [2.75, 3.05) is 19.7 Å². The molecule has 2 saturated heterocycles. The molecule has 34 heavy (non-hydrogen) atoms. The van der Waals surface area contributed by atoms with Crippen LogP contribution in [0.4, 0.5) is 0 Å². The summed E-state index contributed by atoms with van der Waals surface area (Å²) in [6, 6.07) is 14.6. The molecule has 4 fully saturated rings. The van der Waals surface area contributed by atoms with Gasteiger partial charge in [0.25, 0.3) is 0 Å². The maximum atomic E-state index is 12.9. The molecular weight excluding hydrogens is 426 g/mol. The Morgan fingerprint density at radius 1 is 1.15 bits per heavy atom. The molecular formula is C29H37NO4. The highest BCUT2D eigenvalue weighted by Gasteiger charge is 2.64. The highest BCUT2D eigenvalue weighted by molar-refractivity contribution is 5.75. The van der Waals surface area contributed by atoms with E-state index >= 15 is 0 Å². The lowest BCUT2D eigenvalue weighted by atomic mass is 9.53. The molecule has 2 aromatic rings. The van der Waals surface area contributed by atoms with Crippen LogP contribution >= 0.6 is 0 Å². The third-order valence-electron chi connectivity index (χ3n) is 9.38. The second kappa shape index (κ2) is 8.83. The molecule has 2 aliphatic heterocycles. The summed E-state index contributed by atoms with van der Waals surface area (Å²) >= 11 is 0. The zero-order valence-electron chi connectivity index (χ0n) is 20.2. The number of esters is 1. The molecule has 0 bridgehead atoms. The van der Waals surface area contributed by atoms with Crippen molar-refractivity contribution in [3.63, 3.8) is 0 Å². The molecule has 5 heteroatoms. The summed E-state index contributed by atoms with van der Waals surface area (Å²) in [5.74, 6) is 2.21. The average Bonchev–Trinajstić information content (AvgIpc) is 3.25. The van der Waals surface area contributed by atoms with Crippen LogP contribution in [-0.2, 0) is 20.7 Å². The minimum Gasteiger partial charge on any atom is -0.469 e. The van der Waals surface area contributed by atoms with E-state index in [0.717, 1.165) is 44.6 Å². The predicted molar refractivity (Wildman–Crippen MR) is 129 cm³/mol. The van der Waals surface area contributed by atoms with Gasteiger partial charge in [-0.2, -0.15) is 0 Å². The number of carbonyl (C=O) groups is 1. The zero-order valence-corrected chi connectivity index (χ0v) is 20.2.